The summed E-state index contributed by atoms with van der Waals surface area (Å²) in [6.45, 7) is 4.70. The van der Waals surface area contributed by atoms with Crippen LogP contribution in [0.4, 0.5) is 0 Å². The highest BCUT2D eigenvalue weighted by Gasteiger charge is 2.23. The third kappa shape index (κ3) is 2.99. The Bertz CT molecular complexity index is 417. The molecule has 0 saturated heterocycles. The molecule has 1 aliphatic carbocycles. The number of rotatable bonds is 4. The van der Waals surface area contributed by atoms with Crippen molar-refractivity contribution in [3.05, 3.63) is 17.5 Å². The van der Waals surface area contributed by atoms with Crippen LogP contribution >= 0.6 is 0 Å². The van der Waals surface area contributed by atoms with E-state index in [1.807, 2.05) is 24.6 Å². The molecule has 1 aromatic heterocycles. The molecule has 4 heteroatoms. The van der Waals surface area contributed by atoms with Crippen LogP contribution < -0.4 is 5.73 Å². The Balaban J connectivity index is 1.99. The number of nitrogens with zero attached hydrogens (tertiary/aromatic N) is 2. The van der Waals surface area contributed by atoms with Gasteiger partial charge in [0, 0.05) is 19.0 Å². The summed E-state index contributed by atoms with van der Waals surface area (Å²) in [7, 11) is 0. The second-order valence-electron chi connectivity index (χ2n) is 5.39. The molecule has 0 unspecified atom stereocenters. The molecule has 0 aromatic carbocycles. The van der Waals surface area contributed by atoms with Gasteiger partial charge in [0.15, 0.2) is 5.78 Å². The second kappa shape index (κ2) is 5.65. The van der Waals surface area contributed by atoms with Gasteiger partial charge >= 0.3 is 0 Å². The Morgan fingerprint density at radius 3 is 2.72 bits per heavy atom. The van der Waals surface area contributed by atoms with Crippen molar-refractivity contribution < 1.29 is 4.79 Å². The number of carbonyl (C=O) groups excluding carboxylic acids is 1. The lowest BCUT2D eigenvalue weighted by molar-refractivity contribution is 0.0937. The number of aromatic nitrogens is 2. The molecule has 1 fully saturated rings. The number of hydrogen-bond acceptors (Lipinski definition) is 3. The van der Waals surface area contributed by atoms with Crippen molar-refractivity contribution in [2.45, 2.75) is 58.5 Å². The molecule has 0 amide bonds. The molecule has 1 aliphatic rings. The average Bonchev–Trinajstić information content (AvgIpc) is 2.73. The fourth-order valence-electron chi connectivity index (χ4n) is 2.77. The standard InChI is InChI=1S/C14H23N3O/c1-3-17-13(8-10(2)16-17)14(18)9-11-4-6-12(15)7-5-11/h8,11-12H,3-7,9,15H2,1-2H3. The number of ketones is 1. The predicted molar refractivity (Wildman–Crippen MR) is 71.5 cm³/mol. The molecule has 4 nitrogen and oxygen atoms in total. The second-order valence-corrected chi connectivity index (χ2v) is 5.39. The zero-order valence-corrected chi connectivity index (χ0v) is 11.4. The maximum Gasteiger partial charge on any atom is 0.181 e. The highest BCUT2D eigenvalue weighted by molar-refractivity contribution is 5.94. The van der Waals surface area contributed by atoms with Gasteiger partial charge in [0.1, 0.15) is 5.69 Å². The van der Waals surface area contributed by atoms with Gasteiger partial charge in [-0.2, -0.15) is 5.10 Å². The van der Waals surface area contributed by atoms with Crippen LogP contribution in [0.2, 0.25) is 0 Å². The Kier molecular flexibility index (Phi) is 4.17. The molecule has 100 valence electrons. The molecule has 0 radical (unpaired) electrons. The molecule has 1 aromatic rings. The quantitative estimate of drug-likeness (QED) is 0.833. The summed E-state index contributed by atoms with van der Waals surface area (Å²) in [5, 5.41) is 4.33. The number of Topliss-reactive ketones (excluding diaryl/α,β-unsaturated/α-hetero) is 1. The van der Waals surface area contributed by atoms with Crippen LogP contribution in [-0.2, 0) is 6.54 Å². The van der Waals surface area contributed by atoms with Crippen LogP contribution in [0, 0.1) is 12.8 Å². The molecule has 0 bridgehead atoms. The first-order chi connectivity index (χ1) is 8.60. The van der Waals surface area contributed by atoms with Crippen molar-refractivity contribution in [3.8, 4) is 0 Å². The van der Waals surface area contributed by atoms with Crippen LogP contribution in [0.1, 0.15) is 55.2 Å². The van der Waals surface area contributed by atoms with E-state index in [0.717, 1.165) is 43.6 Å². The van der Waals surface area contributed by atoms with Gasteiger partial charge in [-0.1, -0.05) is 0 Å². The fraction of sp³-hybridized carbons (Fsp3) is 0.714. The minimum atomic E-state index is 0.234. The maximum atomic E-state index is 12.3. The molecular formula is C14H23N3O. The Labute approximate surface area is 109 Å². The number of hydrogen-bond donors (Lipinski definition) is 1. The van der Waals surface area contributed by atoms with Crippen molar-refractivity contribution in [2.75, 3.05) is 0 Å². The third-order valence-electron chi connectivity index (χ3n) is 3.85. The van der Waals surface area contributed by atoms with E-state index in [2.05, 4.69) is 5.10 Å². The smallest absolute Gasteiger partial charge is 0.181 e. The van der Waals surface area contributed by atoms with E-state index in [4.69, 9.17) is 5.73 Å². The Morgan fingerprint density at radius 1 is 1.44 bits per heavy atom. The topological polar surface area (TPSA) is 60.9 Å². The van der Waals surface area contributed by atoms with Crippen LogP contribution in [0.15, 0.2) is 6.07 Å². The van der Waals surface area contributed by atoms with Gasteiger partial charge in [-0.15, -0.1) is 0 Å². The molecule has 18 heavy (non-hydrogen) atoms. The molecule has 2 rings (SSSR count). The predicted octanol–water partition coefficient (Wildman–Crippen LogP) is 2.30. The SMILES string of the molecule is CCn1nc(C)cc1C(=O)CC1CCC(N)CC1. The Morgan fingerprint density at radius 2 is 2.11 bits per heavy atom. The highest BCUT2D eigenvalue weighted by atomic mass is 16.1. The molecule has 0 atom stereocenters. The first-order valence-electron chi connectivity index (χ1n) is 6.93. The normalized spacial score (nSPS) is 24.2. The van der Waals surface area contributed by atoms with E-state index in [0.29, 0.717) is 18.4 Å². The summed E-state index contributed by atoms with van der Waals surface area (Å²) in [6.07, 6.45) is 4.95. The molecule has 0 spiro atoms. The molecule has 0 aliphatic heterocycles. The van der Waals surface area contributed by atoms with Gasteiger partial charge in [-0.3, -0.25) is 9.48 Å². The van der Waals surface area contributed by atoms with Crippen LogP contribution in [0.5, 0.6) is 0 Å². The third-order valence-corrected chi connectivity index (χ3v) is 3.85. The first-order valence-corrected chi connectivity index (χ1v) is 6.93. The zero-order chi connectivity index (χ0) is 13.1. The van der Waals surface area contributed by atoms with Crippen molar-refractivity contribution in [1.29, 1.82) is 0 Å². The zero-order valence-electron chi connectivity index (χ0n) is 11.4. The monoisotopic (exact) mass is 249 g/mol. The summed E-state index contributed by atoms with van der Waals surface area (Å²) < 4.78 is 1.81. The molecule has 1 saturated carbocycles. The summed E-state index contributed by atoms with van der Waals surface area (Å²) in [5.41, 5.74) is 7.58. The largest absolute Gasteiger partial charge is 0.328 e. The van der Waals surface area contributed by atoms with Gasteiger partial charge < -0.3 is 5.73 Å². The van der Waals surface area contributed by atoms with E-state index < -0.39 is 0 Å². The summed E-state index contributed by atoms with van der Waals surface area (Å²) in [4.78, 5) is 12.3. The first kappa shape index (κ1) is 13.3. The van der Waals surface area contributed by atoms with E-state index in [1.165, 1.54) is 0 Å². The maximum absolute atomic E-state index is 12.3. The highest BCUT2D eigenvalue weighted by Crippen LogP contribution is 2.27. The Hall–Kier alpha value is -1.16. The number of carbonyl (C=O) groups is 1. The fourth-order valence-corrected chi connectivity index (χ4v) is 2.77. The van der Waals surface area contributed by atoms with E-state index in [9.17, 15) is 4.79 Å². The average molecular weight is 249 g/mol. The molecule has 2 N–H and O–H groups in total. The van der Waals surface area contributed by atoms with E-state index in [-0.39, 0.29) is 5.78 Å². The number of nitrogens with two attached hydrogens (primary N) is 1. The van der Waals surface area contributed by atoms with Crippen molar-refractivity contribution in [1.82, 2.24) is 9.78 Å². The van der Waals surface area contributed by atoms with E-state index >= 15 is 0 Å². The summed E-state index contributed by atoms with van der Waals surface area (Å²) in [6, 6.07) is 2.25. The summed E-state index contributed by atoms with van der Waals surface area (Å²) in [5.74, 6) is 0.746. The molecular weight excluding hydrogens is 226 g/mol. The van der Waals surface area contributed by atoms with Crippen LogP contribution in [0.3, 0.4) is 0 Å². The lowest BCUT2D eigenvalue weighted by atomic mass is 9.83. The van der Waals surface area contributed by atoms with Gasteiger partial charge in [0.05, 0.1) is 5.69 Å². The minimum Gasteiger partial charge on any atom is -0.328 e. The summed E-state index contributed by atoms with van der Waals surface area (Å²) >= 11 is 0. The van der Waals surface area contributed by atoms with Crippen molar-refractivity contribution in [3.63, 3.8) is 0 Å². The van der Waals surface area contributed by atoms with Gasteiger partial charge in [0.2, 0.25) is 0 Å². The van der Waals surface area contributed by atoms with Crippen molar-refractivity contribution >= 4 is 5.78 Å². The molecule has 1 heterocycles. The van der Waals surface area contributed by atoms with Gasteiger partial charge in [-0.05, 0) is 51.5 Å². The van der Waals surface area contributed by atoms with Crippen molar-refractivity contribution in [2.24, 2.45) is 11.7 Å². The van der Waals surface area contributed by atoms with Gasteiger partial charge in [-0.25, -0.2) is 0 Å². The van der Waals surface area contributed by atoms with Crippen LogP contribution in [-0.4, -0.2) is 21.6 Å². The van der Waals surface area contributed by atoms with Gasteiger partial charge in [0.25, 0.3) is 0 Å². The number of aryl methyl sites for hydroxylation is 2. The lowest BCUT2D eigenvalue weighted by Crippen LogP contribution is -2.27. The minimum absolute atomic E-state index is 0.234. The van der Waals surface area contributed by atoms with E-state index in [1.54, 1.807) is 0 Å². The lowest BCUT2D eigenvalue weighted by Gasteiger charge is -2.25. The van der Waals surface area contributed by atoms with Crippen LogP contribution in [0.25, 0.3) is 0 Å².